The minimum atomic E-state index is 0.898. The molecule has 0 nitrogen and oxygen atoms in total. The third-order valence-electron chi connectivity index (χ3n) is 2.73. The Labute approximate surface area is 65.0 Å². The van der Waals surface area contributed by atoms with E-state index in [9.17, 15) is 0 Å². The Morgan fingerprint density at radius 3 is 2.50 bits per heavy atom. The lowest BCUT2D eigenvalue weighted by molar-refractivity contribution is 0.297. The highest BCUT2D eigenvalue weighted by molar-refractivity contribution is 4.91. The first-order valence-corrected chi connectivity index (χ1v) is 4.51. The summed E-state index contributed by atoms with van der Waals surface area (Å²) in [5.74, 6) is 3.62. The fraction of sp³-hybridized carbons (Fsp3) is 0.900. The lowest BCUT2D eigenvalue weighted by Gasteiger charge is -2.29. The Bertz CT molecular complexity index is 94.2. The molecule has 0 saturated heterocycles. The lowest BCUT2D eigenvalue weighted by atomic mass is 9.77. The van der Waals surface area contributed by atoms with E-state index in [0.717, 1.165) is 11.8 Å². The van der Waals surface area contributed by atoms with Crippen LogP contribution in [-0.4, -0.2) is 0 Å². The van der Waals surface area contributed by atoms with Crippen LogP contribution in [0.2, 0.25) is 0 Å². The third-order valence-corrected chi connectivity index (χ3v) is 2.73. The van der Waals surface area contributed by atoms with Gasteiger partial charge in [-0.3, -0.25) is 0 Å². The van der Waals surface area contributed by atoms with Crippen LogP contribution in [0.4, 0.5) is 0 Å². The number of hydrogen-bond acceptors (Lipinski definition) is 0. The topological polar surface area (TPSA) is 0 Å². The zero-order valence-electron chi connectivity index (χ0n) is 7.48. The summed E-state index contributed by atoms with van der Waals surface area (Å²) in [7, 11) is 0. The van der Waals surface area contributed by atoms with Gasteiger partial charge in [0.2, 0.25) is 0 Å². The maximum atomic E-state index is 2.35. The highest BCUT2D eigenvalue weighted by atomic mass is 14.3. The van der Waals surface area contributed by atoms with Crippen molar-refractivity contribution >= 4 is 0 Å². The zero-order valence-corrected chi connectivity index (χ0v) is 7.48. The van der Waals surface area contributed by atoms with Crippen LogP contribution in [0.1, 0.15) is 46.5 Å². The Morgan fingerprint density at radius 2 is 2.10 bits per heavy atom. The van der Waals surface area contributed by atoms with Crippen LogP contribution in [0.5, 0.6) is 0 Å². The van der Waals surface area contributed by atoms with Crippen molar-refractivity contribution in [2.45, 2.75) is 46.5 Å². The van der Waals surface area contributed by atoms with Gasteiger partial charge in [0.25, 0.3) is 0 Å². The summed E-state index contributed by atoms with van der Waals surface area (Å²) in [4.78, 5) is 0. The second-order valence-corrected chi connectivity index (χ2v) is 4.06. The van der Waals surface area contributed by atoms with Crippen molar-refractivity contribution in [3.63, 3.8) is 0 Å². The fourth-order valence-electron chi connectivity index (χ4n) is 1.89. The quantitative estimate of drug-likeness (QED) is 0.522. The maximum absolute atomic E-state index is 2.35. The normalized spacial score (nSPS) is 29.4. The third kappa shape index (κ3) is 2.00. The molecule has 1 aliphatic rings. The van der Waals surface area contributed by atoms with E-state index in [-0.39, 0.29) is 0 Å². The van der Waals surface area contributed by atoms with Crippen molar-refractivity contribution in [1.82, 2.24) is 0 Å². The zero-order chi connectivity index (χ0) is 7.56. The molecule has 0 aromatic heterocycles. The molecule has 0 amide bonds. The van der Waals surface area contributed by atoms with Gasteiger partial charge in [0.1, 0.15) is 0 Å². The van der Waals surface area contributed by atoms with Crippen LogP contribution in [0.25, 0.3) is 0 Å². The Balaban J connectivity index is 2.32. The minimum Gasteiger partial charge on any atom is -0.0625 e. The largest absolute Gasteiger partial charge is 0.0625 e. The molecular weight excluding hydrogens is 120 g/mol. The van der Waals surface area contributed by atoms with Gasteiger partial charge < -0.3 is 0 Å². The van der Waals surface area contributed by atoms with Crippen LogP contribution in [0.15, 0.2) is 0 Å². The lowest BCUT2D eigenvalue weighted by Crippen LogP contribution is -2.16. The van der Waals surface area contributed by atoms with Crippen molar-refractivity contribution in [3.05, 3.63) is 5.92 Å². The predicted molar refractivity (Wildman–Crippen MR) is 45.7 cm³/mol. The standard InChI is InChI=1S/C10H19/c1-8(2)10-6-4-5-9(3)7-10/h8,10H,4-7H2,1-3H3. The molecule has 0 N–H and O–H groups in total. The van der Waals surface area contributed by atoms with Gasteiger partial charge in [-0.25, -0.2) is 0 Å². The summed E-state index contributed by atoms with van der Waals surface area (Å²) in [5, 5.41) is 0. The molecule has 59 valence electrons. The van der Waals surface area contributed by atoms with Crippen LogP contribution >= 0.6 is 0 Å². The second kappa shape index (κ2) is 3.41. The molecule has 1 atom stereocenters. The van der Waals surface area contributed by atoms with Gasteiger partial charge in [0, 0.05) is 0 Å². The summed E-state index contributed by atoms with van der Waals surface area (Å²) >= 11 is 0. The van der Waals surface area contributed by atoms with Crippen molar-refractivity contribution in [3.8, 4) is 0 Å². The van der Waals surface area contributed by atoms with E-state index in [4.69, 9.17) is 0 Å². The molecule has 1 rings (SSSR count). The predicted octanol–water partition coefficient (Wildman–Crippen LogP) is 3.43. The number of rotatable bonds is 1. The molecule has 0 heteroatoms. The van der Waals surface area contributed by atoms with Crippen molar-refractivity contribution in [2.24, 2.45) is 11.8 Å². The van der Waals surface area contributed by atoms with Crippen LogP contribution < -0.4 is 0 Å². The second-order valence-electron chi connectivity index (χ2n) is 4.06. The van der Waals surface area contributed by atoms with Crippen molar-refractivity contribution in [1.29, 1.82) is 0 Å². The maximum Gasteiger partial charge on any atom is -0.0269 e. The first-order chi connectivity index (χ1) is 4.70. The SMILES string of the molecule is C[C]1CCCC(C(C)C)C1. The molecule has 0 aromatic carbocycles. The molecule has 1 aliphatic carbocycles. The molecule has 0 aliphatic heterocycles. The van der Waals surface area contributed by atoms with E-state index in [2.05, 4.69) is 20.8 Å². The monoisotopic (exact) mass is 139 g/mol. The first kappa shape index (κ1) is 8.10. The molecular formula is C10H19. The molecule has 0 spiro atoms. The molecule has 10 heavy (non-hydrogen) atoms. The average Bonchev–Trinajstić information content (AvgIpc) is 1.88. The van der Waals surface area contributed by atoms with Gasteiger partial charge in [0.05, 0.1) is 0 Å². The molecule has 0 bridgehead atoms. The molecule has 0 heterocycles. The molecule has 0 aromatic rings. The first-order valence-electron chi connectivity index (χ1n) is 4.51. The summed E-state index contributed by atoms with van der Waals surface area (Å²) in [5.41, 5.74) is 0. The van der Waals surface area contributed by atoms with Crippen LogP contribution in [-0.2, 0) is 0 Å². The van der Waals surface area contributed by atoms with E-state index in [1.54, 1.807) is 5.92 Å². The smallest absolute Gasteiger partial charge is 0.0269 e. The van der Waals surface area contributed by atoms with Crippen molar-refractivity contribution in [2.75, 3.05) is 0 Å². The van der Waals surface area contributed by atoms with Gasteiger partial charge in [-0.05, 0) is 30.6 Å². The summed E-state index contributed by atoms with van der Waals surface area (Å²) in [6.07, 6.45) is 5.70. The average molecular weight is 139 g/mol. The highest BCUT2D eigenvalue weighted by Gasteiger charge is 2.21. The van der Waals surface area contributed by atoms with Crippen molar-refractivity contribution < 1.29 is 0 Å². The van der Waals surface area contributed by atoms with E-state index in [1.807, 2.05) is 0 Å². The highest BCUT2D eigenvalue weighted by Crippen LogP contribution is 2.34. The van der Waals surface area contributed by atoms with Gasteiger partial charge in [-0.15, -0.1) is 0 Å². The fourth-order valence-corrected chi connectivity index (χ4v) is 1.89. The van der Waals surface area contributed by atoms with Gasteiger partial charge >= 0.3 is 0 Å². The summed E-state index contributed by atoms with van der Waals surface area (Å²) in [6, 6.07) is 0. The van der Waals surface area contributed by atoms with Gasteiger partial charge in [0.15, 0.2) is 0 Å². The molecule has 1 unspecified atom stereocenters. The van der Waals surface area contributed by atoms with Gasteiger partial charge in [-0.1, -0.05) is 33.6 Å². The van der Waals surface area contributed by atoms with Crippen LogP contribution in [0, 0.1) is 17.8 Å². The summed E-state index contributed by atoms with van der Waals surface area (Å²) < 4.78 is 0. The van der Waals surface area contributed by atoms with Gasteiger partial charge in [-0.2, -0.15) is 0 Å². The van der Waals surface area contributed by atoms with E-state index < -0.39 is 0 Å². The van der Waals surface area contributed by atoms with E-state index in [1.165, 1.54) is 25.7 Å². The molecule has 1 fully saturated rings. The molecule has 1 radical (unpaired) electrons. The van der Waals surface area contributed by atoms with E-state index in [0.29, 0.717) is 0 Å². The summed E-state index contributed by atoms with van der Waals surface area (Å²) in [6.45, 7) is 7.01. The minimum absolute atomic E-state index is 0.898. The Kier molecular flexibility index (Phi) is 2.76. The Hall–Kier alpha value is 0. The van der Waals surface area contributed by atoms with Crippen LogP contribution in [0.3, 0.4) is 0 Å². The Morgan fingerprint density at radius 1 is 1.40 bits per heavy atom. The number of hydrogen-bond donors (Lipinski definition) is 0. The molecule has 1 saturated carbocycles. The van der Waals surface area contributed by atoms with E-state index >= 15 is 0 Å².